The summed E-state index contributed by atoms with van der Waals surface area (Å²) in [7, 11) is 1.61. The molecule has 21 heavy (non-hydrogen) atoms. The van der Waals surface area contributed by atoms with Crippen LogP contribution in [0.4, 0.5) is 10.5 Å². The number of rotatable bonds is 3. The highest BCUT2D eigenvalue weighted by atomic mass is 16.6. The molecule has 1 aromatic rings. The molecule has 5 heteroatoms. The molecule has 1 aliphatic rings. The molecule has 1 amide bonds. The first-order valence-corrected chi connectivity index (χ1v) is 7.28. The second-order valence-corrected chi connectivity index (χ2v) is 6.27. The van der Waals surface area contributed by atoms with Crippen LogP contribution in [0.5, 0.6) is 5.75 Å². The third-order valence-electron chi connectivity index (χ3n) is 3.40. The Hall–Kier alpha value is -1.75. The lowest BCUT2D eigenvalue weighted by Gasteiger charge is -2.21. The lowest BCUT2D eigenvalue weighted by molar-refractivity contribution is 0.0636. The van der Waals surface area contributed by atoms with Gasteiger partial charge in [-0.1, -0.05) is 6.07 Å². The molecule has 0 radical (unpaired) electrons. The number of carbonyl (C=O) groups excluding carboxylic acids is 1. The van der Waals surface area contributed by atoms with Gasteiger partial charge in [0.05, 0.1) is 12.8 Å². The summed E-state index contributed by atoms with van der Waals surface area (Å²) in [5, 5.41) is 6.19. The molecule has 0 aliphatic carbocycles. The van der Waals surface area contributed by atoms with Crippen LogP contribution in [-0.2, 0) is 4.74 Å². The van der Waals surface area contributed by atoms with E-state index >= 15 is 0 Å². The number of hydrogen-bond donors (Lipinski definition) is 2. The van der Waals surface area contributed by atoms with Crippen molar-refractivity contribution in [2.24, 2.45) is 0 Å². The first kappa shape index (κ1) is 15.6. The average Bonchev–Trinajstić information content (AvgIpc) is 2.90. The van der Waals surface area contributed by atoms with Crippen molar-refractivity contribution in [2.45, 2.75) is 38.7 Å². The number of methoxy groups -OCH3 is 1. The zero-order valence-corrected chi connectivity index (χ0v) is 13.2. The van der Waals surface area contributed by atoms with E-state index < -0.39 is 11.7 Å². The van der Waals surface area contributed by atoms with E-state index in [0.29, 0.717) is 5.92 Å². The van der Waals surface area contributed by atoms with Gasteiger partial charge in [-0.15, -0.1) is 0 Å². The molecule has 0 saturated carbocycles. The van der Waals surface area contributed by atoms with Gasteiger partial charge in [-0.2, -0.15) is 0 Å². The third-order valence-corrected chi connectivity index (χ3v) is 3.40. The summed E-state index contributed by atoms with van der Waals surface area (Å²) in [5.74, 6) is 1.12. The molecule has 1 saturated heterocycles. The van der Waals surface area contributed by atoms with Gasteiger partial charge in [-0.25, -0.2) is 4.79 Å². The Balaban J connectivity index is 2.20. The number of nitrogens with one attached hydrogen (secondary N) is 2. The highest BCUT2D eigenvalue weighted by Crippen LogP contribution is 2.32. The monoisotopic (exact) mass is 292 g/mol. The maximum Gasteiger partial charge on any atom is 0.412 e. The normalized spacial score (nSPS) is 18.4. The predicted molar refractivity (Wildman–Crippen MR) is 83.1 cm³/mol. The van der Waals surface area contributed by atoms with Gasteiger partial charge in [0.1, 0.15) is 11.4 Å². The van der Waals surface area contributed by atoms with Gasteiger partial charge in [-0.3, -0.25) is 5.32 Å². The van der Waals surface area contributed by atoms with E-state index in [2.05, 4.69) is 10.6 Å². The van der Waals surface area contributed by atoms with Crippen molar-refractivity contribution in [3.63, 3.8) is 0 Å². The number of anilines is 1. The zero-order valence-electron chi connectivity index (χ0n) is 13.2. The van der Waals surface area contributed by atoms with Crippen LogP contribution >= 0.6 is 0 Å². The standard InChI is InChI=1S/C16H24N2O3/c1-16(2,3)21-15(19)18-14-9-12(20-4)5-6-13(14)11-7-8-17-10-11/h5-6,9,11,17H,7-8,10H2,1-4H3,(H,18,19). The summed E-state index contributed by atoms with van der Waals surface area (Å²) in [6, 6.07) is 5.79. The minimum absolute atomic E-state index is 0.404. The quantitative estimate of drug-likeness (QED) is 0.898. The van der Waals surface area contributed by atoms with Gasteiger partial charge in [0.2, 0.25) is 0 Å². The fourth-order valence-electron chi connectivity index (χ4n) is 2.46. The molecule has 0 bridgehead atoms. The maximum absolute atomic E-state index is 12.0. The Kier molecular flexibility index (Phi) is 4.73. The van der Waals surface area contributed by atoms with Crippen molar-refractivity contribution in [1.82, 2.24) is 5.32 Å². The Labute approximate surface area is 126 Å². The van der Waals surface area contributed by atoms with Crippen molar-refractivity contribution in [3.05, 3.63) is 23.8 Å². The van der Waals surface area contributed by atoms with Gasteiger partial charge < -0.3 is 14.8 Å². The SMILES string of the molecule is COc1ccc(C2CCNC2)c(NC(=O)OC(C)(C)C)c1. The van der Waals surface area contributed by atoms with E-state index in [1.165, 1.54) is 0 Å². The number of benzene rings is 1. The predicted octanol–water partition coefficient (Wildman–Crippen LogP) is 3.12. The van der Waals surface area contributed by atoms with Crippen molar-refractivity contribution < 1.29 is 14.3 Å². The number of carbonyl (C=O) groups is 1. The van der Waals surface area contributed by atoms with Crippen molar-refractivity contribution in [1.29, 1.82) is 0 Å². The minimum atomic E-state index is -0.516. The Morgan fingerprint density at radius 3 is 2.71 bits per heavy atom. The molecule has 1 aromatic carbocycles. The average molecular weight is 292 g/mol. The minimum Gasteiger partial charge on any atom is -0.497 e. The summed E-state index contributed by atoms with van der Waals surface area (Å²) in [4.78, 5) is 12.0. The first-order chi connectivity index (χ1) is 9.89. The van der Waals surface area contributed by atoms with Crippen LogP contribution in [0.25, 0.3) is 0 Å². The lowest BCUT2D eigenvalue weighted by atomic mass is 9.96. The molecule has 1 atom stereocenters. The van der Waals surface area contributed by atoms with Crippen LogP contribution in [0.15, 0.2) is 18.2 Å². The zero-order chi connectivity index (χ0) is 15.5. The molecule has 5 nitrogen and oxygen atoms in total. The van der Waals surface area contributed by atoms with E-state index in [1.54, 1.807) is 7.11 Å². The molecule has 0 aromatic heterocycles. The van der Waals surface area contributed by atoms with Crippen LogP contribution in [0.1, 0.15) is 38.7 Å². The van der Waals surface area contributed by atoms with Gasteiger partial charge in [-0.05, 0) is 51.3 Å². The molecule has 0 spiro atoms. The van der Waals surface area contributed by atoms with Crippen molar-refractivity contribution >= 4 is 11.8 Å². The van der Waals surface area contributed by atoms with Crippen molar-refractivity contribution in [2.75, 3.05) is 25.5 Å². The molecule has 1 unspecified atom stereocenters. The highest BCUT2D eigenvalue weighted by molar-refractivity contribution is 5.86. The van der Waals surface area contributed by atoms with E-state index in [-0.39, 0.29) is 0 Å². The molecule has 1 heterocycles. The van der Waals surface area contributed by atoms with E-state index in [4.69, 9.17) is 9.47 Å². The second kappa shape index (κ2) is 6.35. The van der Waals surface area contributed by atoms with Gasteiger partial charge in [0.25, 0.3) is 0 Å². The largest absolute Gasteiger partial charge is 0.497 e. The molecular weight excluding hydrogens is 268 g/mol. The smallest absolute Gasteiger partial charge is 0.412 e. The van der Waals surface area contributed by atoms with Crippen LogP contribution < -0.4 is 15.4 Å². The first-order valence-electron chi connectivity index (χ1n) is 7.28. The van der Waals surface area contributed by atoms with Gasteiger partial charge in [0, 0.05) is 12.6 Å². The van der Waals surface area contributed by atoms with Gasteiger partial charge in [0.15, 0.2) is 0 Å². The van der Waals surface area contributed by atoms with Crippen molar-refractivity contribution in [3.8, 4) is 5.75 Å². The Morgan fingerprint density at radius 2 is 2.14 bits per heavy atom. The van der Waals surface area contributed by atoms with E-state index in [0.717, 1.165) is 36.5 Å². The summed E-state index contributed by atoms with van der Waals surface area (Å²) < 4.78 is 10.6. The number of hydrogen-bond acceptors (Lipinski definition) is 4. The maximum atomic E-state index is 12.0. The fourth-order valence-corrected chi connectivity index (χ4v) is 2.46. The fraction of sp³-hybridized carbons (Fsp3) is 0.562. The molecule has 2 N–H and O–H groups in total. The molecule has 1 aliphatic heterocycles. The molecule has 2 rings (SSSR count). The summed E-state index contributed by atoms with van der Waals surface area (Å²) >= 11 is 0. The molecule has 1 fully saturated rings. The number of amides is 1. The van der Waals surface area contributed by atoms with E-state index in [1.807, 2.05) is 39.0 Å². The summed E-state index contributed by atoms with van der Waals surface area (Å²) in [6.07, 6.45) is 0.623. The topological polar surface area (TPSA) is 59.6 Å². The van der Waals surface area contributed by atoms with Crippen LogP contribution in [0.2, 0.25) is 0 Å². The molecule has 116 valence electrons. The van der Waals surface area contributed by atoms with E-state index in [9.17, 15) is 4.79 Å². The number of ether oxygens (including phenoxy) is 2. The van der Waals surface area contributed by atoms with Crippen LogP contribution in [0.3, 0.4) is 0 Å². The second-order valence-electron chi connectivity index (χ2n) is 6.27. The third kappa shape index (κ3) is 4.36. The Morgan fingerprint density at radius 1 is 1.38 bits per heavy atom. The Bertz CT molecular complexity index is 503. The highest BCUT2D eigenvalue weighted by Gasteiger charge is 2.22. The molecular formula is C16H24N2O3. The summed E-state index contributed by atoms with van der Waals surface area (Å²) in [6.45, 7) is 7.47. The lowest BCUT2D eigenvalue weighted by Crippen LogP contribution is -2.27. The van der Waals surface area contributed by atoms with Crippen LogP contribution in [-0.4, -0.2) is 31.9 Å². The van der Waals surface area contributed by atoms with Crippen LogP contribution in [0, 0.1) is 0 Å². The summed E-state index contributed by atoms with van der Waals surface area (Å²) in [5.41, 5.74) is 1.36. The van der Waals surface area contributed by atoms with Gasteiger partial charge >= 0.3 is 6.09 Å².